The van der Waals surface area contributed by atoms with Gasteiger partial charge in [0.05, 0.1) is 6.61 Å². The van der Waals surface area contributed by atoms with Crippen molar-refractivity contribution in [3.63, 3.8) is 0 Å². The minimum Gasteiger partial charge on any atom is -0.489 e. The van der Waals surface area contributed by atoms with E-state index in [9.17, 15) is 4.79 Å². The standard InChI is InChI=1S/C13H14O2/c1-2-10-6-3-4-7-11(10)13(14)12-8-5-9-15-12/h3-4,6-8H,2,5,9H2,1H3. The van der Waals surface area contributed by atoms with Gasteiger partial charge in [-0.15, -0.1) is 0 Å². The zero-order valence-corrected chi connectivity index (χ0v) is 8.82. The van der Waals surface area contributed by atoms with E-state index in [-0.39, 0.29) is 5.78 Å². The minimum absolute atomic E-state index is 0.0185. The van der Waals surface area contributed by atoms with Crippen molar-refractivity contribution in [2.75, 3.05) is 6.61 Å². The first-order valence-corrected chi connectivity index (χ1v) is 5.28. The van der Waals surface area contributed by atoms with E-state index in [0.29, 0.717) is 12.4 Å². The summed E-state index contributed by atoms with van der Waals surface area (Å²) in [6.45, 7) is 2.69. The molecular weight excluding hydrogens is 188 g/mol. The fourth-order valence-electron chi connectivity index (χ4n) is 1.76. The predicted octanol–water partition coefficient (Wildman–Crippen LogP) is 2.74. The van der Waals surface area contributed by atoms with Crippen LogP contribution in [0.3, 0.4) is 0 Å². The molecule has 1 aromatic carbocycles. The fraction of sp³-hybridized carbons (Fsp3) is 0.308. The molecule has 0 radical (unpaired) electrons. The molecule has 0 amide bonds. The Bertz CT molecular complexity index is 405. The molecule has 0 unspecified atom stereocenters. The monoisotopic (exact) mass is 202 g/mol. The van der Waals surface area contributed by atoms with Crippen molar-refractivity contribution in [2.45, 2.75) is 19.8 Å². The van der Waals surface area contributed by atoms with E-state index >= 15 is 0 Å². The van der Waals surface area contributed by atoms with Gasteiger partial charge in [-0.2, -0.15) is 0 Å². The van der Waals surface area contributed by atoms with Crippen molar-refractivity contribution in [2.24, 2.45) is 0 Å². The van der Waals surface area contributed by atoms with Crippen LogP contribution in [0.2, 0.25) is 0 Å². The van der Waals surface area contributed by atoms with E-state index in [1.165, 1.54) is 0 Å². The lowest BCUT2D eigenvalue weighted by Crippen LogP contribution is -2.06. The van der Waals surface area contributed by atoms with Crippen LogP contribution in [0.5, 0.6) is 0 Å². The largest absolute Gasteiger partial charge is 0.489 e. The van der Waals surface area contributed by atoms with Gasteiger partial charge in [0.1, 0.15) is 0 Å². The third-order valence-corrected chi connectivity index (χ3v) is 2.57. The molecule has 1 aromatic rings. The minimum atomic E-state index is 0.0185. The number of aryl methyl sites for hydroxylation is 1. The number of carbonyl (C=O) groups is 1. The van der Waals surface area contributed by atoms with Crippen molar-refractivity contribution in [1.82, 2.24) is 0 Å². The number of carbonyl (C=O) groups excluding carboxylic acids is 1. The smallest absolute Gasteiger partial charge is 0.227 e. The molecule has 0 saturated heterocycles. The summed E-state index contributed by atoms with van der Waals surface area (Å²) in [7, 11) is 0. The van der Waals surface area contributed by atoms with Gasteiger partial charge in [-0.1, -0.05) is 31.2 Å². The summed E-state index contributed by atoms with van der Waals surface area (Å²) >= 11 is 0. The van der Waals surface area contributed by atoms with Gasteiger partial charge >= 0.3 is 0 Å². The molecule has 0 N–H and O–H groups in total. The second-order valence-corrected chi connectivity index (χ2v) is 3.55. The number of hydrogen-bond donors (Lipinski definition) is 0. The van der Waals surface area contributed by atoms with E-state index in [4.69, 9.17) is 4.74 Å². The first-order chi connectivity index (χ1) is 7.33. The maximum absolute atomic E-state index is 12.0. The first kappa shape index (κ1) is 9.97. The second-order valence-electron chi connectivity index (χ2n) is 3.55. The Kier molecular flexibility index (Phi) is 2.86. The van der Waals surface area contributed by atoms with Crippen molar-refractivity contribution in [3.05, 3.63) is 47.2 Å². The molecule has 0 bridgehead atoms. The van der Waals surface area contributed by atoms with Gasteiger partial charge < -0.3 is 4.74 Å². The Balaban J connectivity index is 2.32. The lowest BCUT2D eigenvalue weighted by molar-refractivity contribution is 0.0941. The van der Waals surface area contributed by atoms with Crippen LogP contribution in [0.1, 0.15) is 29.3 Å². The number of hydrogen-bond acceptors (Lipinski definition) is 2. The quantitative estimate of drug-likeness (QED) is 0.704. The Labute approximate surface area is 89.6 Å². The third kappa shape index (κ3) is 1.94. The van der Waals surface area contributed by atoms with Crippen molar-refractivity contribution < 1.29 is 9.53 Å². The van der Waals surface area contributed by atoms with Gasteiger partial charge in [0.15, 0.2) is 5.76 Å². The molecule has 0 spiro atoms. The lowest BCUT2D eigenvalue weighted by Gasteiger charge is -2.07. The molecule has 1 heterocycles. The topological polar surface area (TPSA) is 26.3 Å². The van der Waals surface area contributed by atoms with E-state index in [1.54, 1.807) is 0 Å². The molecule has 2 rings (SSSR count). The first-order valence-electron chi connectivity index (χ1n) is 5.28. The van der Waals surface area contributed by atoms with Crippen molar-refractivity contribution >= 4 is 5.78 Å². The van der Waals surface area contributed by atoms with Gasteiger partial charge in [-0.05, 0) is 18.1 Å². The molecule has 15 heavy (non-hydrogen) atoms. The lowest BCUT2D eigenvalue weighted by atomic mass is 10.0. The molecule has 0 aliphatic carbocycles. The summed E-state index contributed by atoms with van der Waals surface area (Å²) in [5.74, 6) is 0.529. The van der Waals surface area contributed by atoms with Crippen molar-refractivity contribution in [3.8, 4) is 0 Å². The molecule has 0 saturated carbocycles. The number of benzene rings is 1. The van der Waals surface area contributed by atoms with Crippen LogP contribution in [-0.4, -0.2) is 12.4 Å². The normalized spacial score (nSPS) is 14.6. The number of ether oxygens (including phenoxy) is 1. The highest BCUT2D eigenvalue weighted by Crippen LogP contribution is 2.18. The van der Waals surface area contributed by atoms with E-state index in [1.807, 2.05) is 30.3 Å². The highest BCUT2D eigenvalue weighted by atomic mass is 16.5. The van der Waals surface area contributed by atoms with Gasteiger partial charge in [-0.3, -0.25) is 4.79 Å². The van der Waals surface area contributed by atoms with Crippen LogP contribution >= 0.6 is 0 Å². The molecule has 1 aliphatic rings. The van der Waals surface area contributed by atoms with Crippen molar-refractivity contribution in [1.29, 1.82) is 0 Å². The highest BCUT2D eigenvalue weighted by molar-refractivity contribution is 6.08. The van der Waals surface area contributed by atoms with Gasteiger partial charge in [0.25, 0.3) is 0 Å². The average Bonchev–Trinajstić information content (AvgIpc) is 2.81. The summed E-state index contributed by atoms with van der Waals surface area (Å²) in [6, 6.07) is 7.70. The molecule has 0 aromatic heterocycles. The van der Waals surface area contributed by atoms with Crippen LogP contribution in [0.25, 0.3) is 0 Å². The molecule has 2 nitrogen and oxygen atoms in total. The molecular formula is C13H14O2. The Morgan fingerprint density at radius 3 is 2.87 bits per heavy atom. The zero-order valence-electron chi connectivity index (χ0n) is 8.82. The predicted molar refractivity (Wildman–Crippen MR) is 58.8 cm³/mol. The third-order valence-electron chi connectivity index (χ3n) is 2.57. The maximum atomic E-state index is 12.0. The summed E-state index contributed by atoms with van der Waals surface area (Å²) in [6.07, 6.45) is 3.58. The molecule has 0 fully saturated rings. The van der Waals surface area contributed by atoms with E-state index in [2.05, 4.69) is 6.92 Å². The SMILES string of the molecule is CCc1ccccc1C(=O)C1=CCCO1. The molecule has 78 valence electrons. The van der Waals surface area contributed by atoms with E-state index < -0.39 is 0 Å². The number of allylic oxidation sites excluding steroid dienone is 1. The zero-order chi connectivity index (χ0) is 10.7. The van der Waals surface area contributed by atoms with Gasteiger partial charge in [-0.25, -0.2) is 0 Å². The van der Waals surface area contributed by atoms with Crippen LogP contribution < -0.4 is 0 Å². The summed E-state index contributed by atoms with van der Waals surface area (Å²) < 4.78 is 5.28. The Morgan fingerprint density at radius 1 is 1.40 bits per heavy atom. The average molecular weight is 202 g/mol. The fourth-order valence-corrected chi connectivity index (χ4v) is 1.76. The van der Waals surface area contributed by atoms with E-state index in [0.717, 1.165) is 24.0 Å². The maximum Gasteiger partial charge on any atom is 0.227 e. The molecule has 0 atom stereocenters. The van der Waals surface area contributed by atoms with Crippen LogP contribution in [0.4, 0.5) is 0 Å². The molecule has 2 heteroatoms. The number of rotatable bonds is 3. The summed E-state index contributed by atoms with van der Waals surface area (Å²) in [5.41, 5.74) is 1.85. The van der Waals surface area contributed by atoms with Crippen LogP contribution in [0, 0.1) is 0 Å². The van der Waals surface area contributed by atoms with Crippen LogP contribution in [-0.2, 0) is 11.2 Å². The van der Waals surface area contributed by atoms with Gasteiger partial charge in [0.2, 0.25) is 5.78 Å². The highest BCUT2D eigenvalue weighted by Gasteiger charge is 2.18. The molecule has 1 aliphatic heterocycles. The Morgan fingerprint density at radius 2 is 2.20 bits per heavy atom. The Hall–Kier alpha value is -1.57. The number of ketones is 1. The summed E-state index contributed by atoms with van der Waals surface area (Å²) in [5, 5.41) is 0. The van der Waals surface area contributed by atoms with Crippen LogP contribution in [0.15, 0.2) is 36.1 Å². The number of Topliss-reactive ketones (excluding diaryl/α,β-unsaturated/α-hetero) is 1. The van der Waals surface area contributed by atoms with Gasteiger partial charge in [0, 0.05) is 12.0 Å². The summed E-state index contributed by atoms with van der Waals surface area (Å²) in [4.78, 5) is 12.0. The second kappa shape index (κ2) is 4.30.